The molecular weight excluding hydrogens is 414 g/mol. The van der Waals surface area contributed by atoms with Crippen LogP contribution in [0.3, 0.4) is 0 Å². The van der Waals surface area contributed by atoms with E-state index in [1.165, 1.54) is 11.2 Å². The van der Waals surface area contributed by atoms with Crippen molar-refractivity contribution < 1.29 is 18.8 Å². The lowest BCUT2D eigenvalue weighted by molar-refractivity contribution is -0.116. The average Bonchev–Trinajstić information content (AvgIpc) is 3.34. The fraction of sp³-hybridized carbons (Fsp3) is 0.261. The van der Waals surface area contributed by atoms with Crippen LogP contribution in [0, 0.1) is 27.7 Å². The number of nitrogens with zero attached hydrogens (tertiary/aromatic N) is 1. The lowest BCUT2D eigenvalue weighted by Crippen LogP contribution is -2.35. The highest BCUT2D eigenvalue weighted by molar-refractivity contribution is 7.18. The maximum Gasteiger partial charge on any atom is 0.291 e. The van der Waals surface area contributed by atoms with E-state index in [9.17, 15) is 14.4 Å². The number of carbonyl (C=O) groups is 3. The van der Waals surface area contributed by atoms with E-state index in [1.807, 2.05) is 32.9 Å². The van der Waals surface area contributed by atoms with E-state index in [4.69, 9.17) is 4.42 Å². The van der Waals surface area contributed by atoms with Gasteiger partial charge in [0.15, 0.2) is 5.76 Å². The number of likely N-dealkylation sites (N-methyl/N-ethyl adjacent to an activating group) is 1. The SMILES string of the molecule is Cc1cc(C)c(NC(=O)CN(C)C(=O)c2sc(NC(=O)c3ccco3)cc2C)c(C)c1. The van der Waals surface area contributed by atoms with Crippen molar-refractivity contribution >= 4 is 39.7 Å². The molecule has 162 valence electrons. The highest BCUT2D eigenvalue weighted by Gasteiger charge is 2.21. The molecule has 0 radical (unpaired) electrons. The molecule has 0 aliphatic carbocycles. The van der Waals surface area contributed by atoms with Gasteiger partial charge in [-0.2, -0.15) is 0 Å². The highest BCUT2D eigenvalue weighted by atomic mass is 32.1. The van der Waals surface area contributed by atoms with Crippen LogP contribution in [0.4, 0.5) is 10.7 Å². The van der Waals surface area contributed by atoms with Crippen LogP contribution in [0.15, 0.2) is 41.0 Å². The number of hydrogen-bond donors (Lipinski definition) is 2. The zero-order chi connectivity index (χ0) is 22.7. The van der Waals surface area contributed by atoms with Crippen LogP contribution in [0.25, 0.3) is 0 Å². The van der Waals surface area contributed by atoms with Gasteiger partial charge in [0, 0.05) is 12.7 Å². The number of carbonyl (C=O) groups excluding carboxylic acids is 3. The largest absolute Gasteiger partial charge is 0.459 e. The van der Waals surface area contributed by atoms with Gasteiger partial charge < -0.3 is 20.0 Å². The molecule has 0 bridgehead atoms. The van der Waals surface area contributed by atoms with Gasteiger partial charge in [0.1, 0.15) is 0 Å². The third-order valence-electron chi connectivity index (χ3n) is 4.76. The van der Waals surface area contributed by atoms with Crippen molar-refractivity contribution in [2.45, 2.75) is 27.7 Å². The van der Waals surface area contributed by atoms with Crippen molar-refractivity contribution in [3.05, 3.63) is 69.5 Å². The number of aryl methyl sites for hydroxylation is 4. The van der Waals surface area contributed by atoms with Crippen LogP contribution in [-0.4, -0.2) is 36.2 Å². The Morgan fingerprint density at radius 2 is 1.68 bits per heavy atom. The molecule has 0 atom stereocenters. The van der Waals surface area contributed by atoms with E-state index in [2.05, 4.69) is 10.6 Å². The first-order valence-corrected chi connectivity index (χ1v) is 10.6. The number of amides is 3. The van der Waals surface area contributed by atoms with Crippen molar-refractivity contribution in [2.24, 2.45) is 0 Å². The molecule has 1 aromatic carbocycles. The predicted molar refractivity (Wildman–Crippen MR) is 122 cm³/mol. The zero-order valence-electron chi connectivity index (χ0n) is 18.2. The Labute approximate surface area is 185 Å². The van der Waals surface area contributed by atoms with Crippen LogP contribution < -0.4 is 10.6 Å². The Balaban J connectivity index is 1.65. The molecule has 0 spiro atoms. The minimum absolute atomic E-state index is 0.0863. The van der Waals surface area contributed by atoms with Crippen molar-refractivity contribution in [2.75, 3.05) is 24.2 Å². The number of rotatable bonds is 6. The molecule has 3 rings (SSSR count). The molecule has 0 saturated carbocycles. The van der Waals surface area contributed by atoms with E-state index in [0.717, 1.165) is 39.3 Å². The van der Waals surface area contributed by atoms with Crippen molar-refractivity contribution in [3.8, 4) is 0 Å². The summed E-state index contributed by atoms with van der Waals surface area (Å²) in [6.45, 7) is 7.60. The molecule has 2 aromatic heterocycles. The summed E-state index contributed by atoms with van der Waals surface area (Å²) < 4.78 is 5.08. The highest BCUT2D eigenvalue weighted by Crippen LogP contribution is 2.28. The summed E-state index contributed by atoms with van der Waals surface area (Å²) in [5.41, 5.74) is 4.58. The Morgan fingerprint density at radius 1 is 1.00 bits per heavy atom. The van der Waals surface area contributed by atoms with Gasteiger partial charge in [0.05, 0.1) is 22.7 Å². The first kappa shape index (κ1) is 22.3. The van der Waals surface area contributed by atoms with E-state index in [1.54, 1.807) is 32.2 Å². The lowest BCUT2D eigenvalue weighted by atomic mass is 10.1. The zero-order valence-corrected chi connectivity index (χ0v) is 19.0. The molecule has 7 nitrogen and oxygen atoms in total. The molecule has 8 heteroatoms. The molecule has 0 aliphatic heterocycles. The third-order valence-corrected chi connectivity index (χ3v) is 5.90. The standard InChI is InChI=1S/C23H25N3O4S/c1-13-9-14(2)20(15(3)10-13)24-18(27)12-26(5)23(29)21-16(4)11-19(31-21)25-22(28)17-7-6-8-30-17/h6-11H,12H2,1-5H3,(H,24,27)(H,25,28). The lowest BCUT2D eigenvalue weighted by Gasteiger charge is -2.18. The molecule has 2 N–H and O–H groups in total. The number of nitrogens with one attached hydrogen (secondary N) is 2. The summed E-state index contributed by atoms with van der Waals surface area (Å²) in [5, 5.41) is 6.17. The second-order valence-corrected chi connectivity index (χ2v) is 8.59. The Hall–Kier alpha value is -3.39. The third kappa shape index (κ3) is 5.21. The van der Waals surface area contributed by atoms with E-state index < -0.39 is 0 Å². The summed E-state index contributed by atoms with van der Waals surface area (Å²) >= 11 is 1.16. The van der Waals surface area contributed by atoms with E-state index >= 15 is 0 Å². The number of thiophene rings is 1. The van der Waals surface area contributed by atoms with Gasteiger partial charge in [0.25, 0.3) is 11.8 Å². The normalized spacial score (nSPS) is 10.6. The summed E-state index contributed by atoms with van der Waals surface area (Å²) in [6, 6.07) is 8.93. The van der Waals surface area contributed by atoms with Crippen LogP contribution in [0.1, 0.15) is 42.5 Å². The fourth-order valence-electron chi connectivity index (χ4n) is 3.35. The molecule has 0 unspecified atom stereocenters. The molecular formula is C23H25N3O4S. The molecule has 0 aliphatic rings. The first-order chi connectivity index (χ1) is 14.7. The molecule has 3 amide bonds. The van der Waals surface area contributed by atoms with Crippen LogP contribution in [-0.2, 0) is 4.79 Å². The molecule has 31 heavy (non-hydrogen) atoms. The molecule has 0 saturated heterocycles. The average molecular weight is 440 g/mol. The molecule has 0 fully saturated rings. The van der Waals surface area contributed by atoms with Gasteiger partial charge in [-0.3, -0.25) is 14.4 Å². The van der Waals surface area contributed by atoms with E-state index in [0.29, 0.717) is 9.88 Å². The Bertz CT molecular complexity index is 1110. The van der Waals surface area contributed by atoms with Gasteiger partial charge in [-0.25, -0.2) is 0 Å². The summed E-state index contributed by atoms with van der Waals surface area (Å²) in [7, 11) is 1.58. The molecule has 2 heterocycles. The number of benzene rings is 1. The van der Waals surface area contributed by atoms with Crippen LogP contribution >= 0.6 is 11.3 Å². The number of furan rings is 1. The minimum Gasteiger partial charge on any atom is -0.459 e. The quantitative estimate of drug-likeness (QED) is 0.590. The second kappa shape index (κ2) is 9.18. The maximum absolute atomic E-state index is 12.9. The van der Waals surface area contributed by atoms with Gasteiger partial charge in [-0.1, -0.05) is 17.7 Å². The van der Waals surface area contributed by atoms with Gasteiger partial charge in [0.2, 0.25) is 5.91 Å². The fourth-order valence-corrected chi connectivity index (χ4v) is 4.42. The van der Waals surface area contributed by atoms with E-state index in [-0.39, 0.29) is 30.0 Å². The van der Waals surface area contributed by atoms with Crippen LogP contribution in [0.2, 0.25) is 0 Å². The summed E-state index contributed by atoms with van der Waals surface area (Å²) in [6.07, 6.45) is 1.42. The van der Waals surface area contributed by atoms with Crippen molar-refractivity contribution in [1.29, 1.82) is 0 Å². The van der Waals surface area contributed by atoms with Crippen molar-refractivity contribution in [3.63, 3.8) is 0 Å². The van der Waals surface area contributed by atoms with Gasteiger partial charge in [-0.05, 0) is 62.6 Å². The Kier molecular flexibility index (Phi) is 6.60. The predicted octanol–water partition coefficient (Wildman–Crippen LogP) is 4.54. The topological polar surface area (TPSA) is 91.7 Å². The van der Waals surface area contributed by atoms with Crippen LogP contribution in [0.5, 0.6) is 0 Å². The second-order valence-electron chi connectivity index (χ2n) is 7.54. The number of hydrogen-bond acceptors (Lipinski definition) is 5. The smallest absolute Gasteiger partial charge is 0.291 e. The summed E-state index contributed by atoms with van der Waals surface area (Å²) in [5.74, 6) is -0.754. The first-order valence-electron chi connectivity index (χ1n) is 9.74. The van der Waals surface area contributed by atoms with Gasteiger partial charge >= 0.3 is 0 Å². The minimum atomic E-state index is -0.387. The number of anilines is 2. The molecule has 3 aromatic rings. The summed E-state index contributed by atoms with van der Waals surface area (Å²) in [4.78, 5) is 39.4. The Morgan fingerprint density at radius 3 is 2.29 bits per heavy atom. The van der Waals surface area contributed by atoms with Gasteiger partial charge in [-0.15, -0.1) is 11.3 Å². The maximum atomic E-state index is 12.9. The monoisotopic (exact) mass is 439 g/mol. The van der Waals surface area contributed by atoms with Crippen molar-refractivity contribution in [1.82, 2.24) is 4.90 Å².